The lowest BCUT2D eigenvalue weighted by Gasteiger charge is -2.43. The number of hydrogen-bond acceptors (Lipinski definition) is 2. The zero-order valence-electron chi connectivity index (χ0n) is 10.8. The highest BCUT2D eigenvalue weighted by Gasteiger charge is 2.37. The molecule has 0 unspecified atom stereocenters. The summed E-state index contributed by atoms with van der Waals surface area (Å²) in [5.41, 5.74) is -0.199. The van der Waals surface area contributed by atoms with Crippen LogP contribution in [-0.2, 0) is 4.79 Å². The molecule has 2 nitrogen and oxygen atoms in total. The first-order valence-electron chi connectivity index (χ1n) is 6.89. The van der Waals surface area contributed by atoms with Crippen molar-refractivity contribution >= 4 is 5.78 Å². The molecule has 1 saturated heterocycles. The number of hydrogen-bond donors (Lipinski definition) is 0. The number of Topliss-reactive ketones (excluding diaryl/α,β-unsaturated/α-hetero) is 1. The van der Waals surface area contributed by atoms with Gasteiger partial charge in [-0.25, -0.2) is 0 Å². The van der Waals surface area contributed by atoms with E-state index < -0.39 is 0 Å². The Hall–Kier alpha value is -0.370. The van der Waals surface area contributed by atoms with Gasteiger partial charge in [0.1, 0.15) is 0 Å². The number of carbonyl (C=O) groups excluding carboxylic acids is 1. The van der Waals surface area contributed by atoms with Gasteiger partial charge in [-0.2, -0.15) is 0 Å². The first-order chi connectivity index (χ1) is 7.60. The third kappa shape index (κ3) is 2.48. The molecule has 16 heavy (non-hydrogen) atoms. The van der Waals surface area contributed by atoms with Crippen LogP contribution in [0.2, 0.25) is 0 Å². The molecule has 2 heteroatoms. The summed E-state index contributed by atoms with van der Waals surface area (Å²) in [4.78, 5) is 14.4. The van der Waals surface area contributed by atoms with Crippen molar-refractivity contribution in [2.24, 2.45) is 5.92 Å². The first kappa shape index (κ1) is 12.1. The molecule has 0 amide bonds. The van der Waals surface area contributed by atoms with Gasteiger partial charge in [0.05, 0.1) is 5.54 Å². The molecule has 0 aromatic carbocycles. The molecule has 1 heterocycles. The molecule has 1 saturated carbocycles. The van der Waals surface area contributed by atoms with Crippen molar-refractivity contribution in [2.75, 3.05) is 13.1 Å². The Kier molecular flexibility index (Phi) is 3.68. The molecule has 2 fully saturated rings. The SMILES string of the molecule is CC1(C)C(=O)CCCN1CC1CCCCC1. The van der Waals surface area contributed by atoms with Crippen LogP contribution in [-0.4, -0.2) is 29.3 Å². The molecule has 0 spiro atoms. The van der Waals surface area contributed by atoms with E-state index in [9.17, 15) is 4.79 Å². The molecule has 1 aliphatic heterocycles. The fourth-order valence-corrected chi connectivity index (χ4v) is 3.19. The Labute approximate surface area is 99.4 Å². The normalized spacial score (nSPS) is 28.2. The maximum atomic E-state index is 11.9. The van der Waals surface area contributed by atoms with Gasteiger partial charge in [0.2, 0.25) is 0 Å². The molecule has 0 aromatic heterocycles. The quantitative estimate of drug-likeness (QED) is 0.717. The summed E-state index contributed by atoms with van der Waals surface area (Å²) in [6.07, 6.45) is 8.81. The van der Waals surface area contributed by atoms with E-state index in [1.165, 1.54) is 32.1 Å². The number of carbonyl (C=O) groups is 1. The maximum Gasteiger partial charge on any atom is 0.152 e. The largest absolute Gasteiger partial charge is 0.298 e. The summed E-state index contributed by atoms with van der Waals surface area (Å²) in [7, 11) is 0. The van der Waals surface area contributed by atoms with Gasteiger partial charge < -0.3 is 0 Å². The van der Waals surface area contributed by atoms with Crippen LogP contribution in [0.5, 0.6) is 0 Å². The van der Waals surface area contributed by atoms with E-state index >= 15 is 0 Å². The monoisotopic (exact) mass is 223 g/mol. The van der Waals surface area contributed by atoms with Crippen LogP contribution in [0.25, 0.3) is 0 Å². The lowest BCUT2D eigenvalue weighted by atomic mass is 9.84. The zero-order chi connectivity index (χ0) is 11.6. The molecular weight excluding hydrogens is 198 g/mol. The third-order valence-electron chi connectivity index (χ3n) is 4.51. The Morgan fingerprint density at radius 1 is 1.19 bits per heavy atom. The topological polar surface area (TPSA) is 20.3 Å². The predicted molar refractivity (Wildman–Crippen MR) is 66.5 cm³/mol. The molecule has 0 atom stereocenters. The van der Waals surface area contributed by atoms with Crippen molar-refractivity contribution in [1.82, 2.24) is 4.90 Å². The summed E-state index contributed by atoms with van der Waals surface area (Å²) >= 11 is 0. The molecule has 92 valence electrons. The average molecular weight is 223 g/mol. The van der Waals surface area contributed by atoms with Crippen LogP contribution < -0.4 is 0 Å². The number of likely N-dealkylation sites (tertiary alicyclic amines) is 1. The Bertz CT molecular complexity index is 253. The predicted octanol–water partition coefficient (Wildman–Crippen LogP) is 3.01. The van der Waals surface area contributed by atoms with Crippen LogP contribution in [0, 0.1) is 5.92 Å². The molecule has 0 N–H and O–H groups in total. The standard InChI is InChI=1S/C14H25NO/c1-14(2)13(16)9-6-10-15(14)11-12-7-4-3-5-8-12/h12H,3-11H2,1-2H3. The fraction of sp³-hybridized carbons (Fsp3) is 0.929. The van der Waals surface area contributed by atoms with Crippen molar-refractivity contribution < 1.29 is 4.79 Å². The highest BCUT2D eigenvalue weighted by atomic mass is 16.1. The summed E-state index contributed by atoms with van der Waals surface area (Å²) in [5, 5.41) is 0. The number of nitrogens with zero attached hydrogens (tertiary/aromatic N) is 1. The molecule has 2 aliphatic rings. The van der Waals surface area contributed by atoms with E-state index in [-0.39, 0.29) is 5.54 Å². The molecule has 0 aromatic rings. The molecule has 0 bridgehead atoms. The number of piperidine rings is 1. The van der Waals surface area contributed by atoms with Gasteiger partial charge in [-0.05, 0) is 45.6 Å². The van der Waals surface area contributed by atoms with Crippen molar-refractivity contribution in [2.45, 2.75) is 64.3 Å². The lowest BCUT2D eigenvalue weighted by Crippen LogP contribution is -2.55. The highest BCUT2D eigenvalue weighted by Crippen LogP contribution is 2.30. The first-order valence-corrected chi connectivity index (χ1v) is 6.89. The van der Waals surface area contributed by atoms with Gasteiger partial charge in [0, 0.05) is 13.0 Å². The van der Waals surface area contributed by atoms with Crippen molar-refractivity contribution in [3.05, 3.63) is 0 Å². The van der Waals surface area contributed by atoms with Crippen LogP contribution in [0.15, 0.2) is 0 Å². The zero-order valence-corrected chi connectivity index (χ0v) is 10.8. The van der Waals surface area contributed by atoms with E-state index in [1.54, 1.807) is 0 Å². The minimum atomic E-state index is -0.199. The van der Waals surface area contributed by atoms with Crippen molar-refractivity contribution in [3.63, 3.8) is 0 Å². The van der Waals surface area contributed by atoms with Gasteiger partial charge in [-0.3, -0.25) is 9.69 Å². The van der Waals surface area contributed by atoms with Crippen LogP contribution in [0.4, 0.5) is 0 Å². The molecule has 0 radical (unpaired) electrons. The van der Waals surface area contributed by atoms with Crippen LogP contribution in [0.3, 0.4) is 0 Å². The highest BCUT2D eigenvalue weighted by molar-refractivity contribution is 5.88. The van der Waals surface area contributed by atoms with Crippen molar-refractivity contribution in [3.8, 4) is 0 Å². The van der Waals surface area contributed by atoms with E-state index in [1.807, 2.05) is 0 Å². The second kappa shape index (κ2) is 4.87. The minimum Gasteiger partial charge on any atom is -0.298 e. The van der Waals surface area contributed by atoms with Crippen LogP contribution >= 0.6 is 0 Å². The lowest BCUT2D eigenvalue weighted by molar-refractivity contribution is -0.133. The summed E-state index contributed by atoms with van der Waals surface area (Å²) in [6.45, 7) is 6.49. The van der Waals surface area contributed by atoms with Crippen LogP contribution in [0.1, 0.15) is 58.8 Å². The maximum absolute atomic E-state index is 11.9. The van der Waals surface area contributed by atoms with E-state index in [2.05, 4.69) is 18.7 Å². The van der Waals surface area contributed by atoms with E-state index in [0.29, 0.717) is 5.78 Å². The number of rotatable bonds is 2. The van der Waals surface area contributed by atoms with E-state index in [0.717, 1.165) is 31.8 Å². The van der Waals surface area contributed by atoms with Gasteiger partial charge in [0.15, 0.2) is 5.78 Å². The minimum absolute atomic E-state index is 0.199. The summed E-state index contributed by atoms with van der Waals surface area (Å²) in [5.74, 6) is 1.29. The summed E-state index contributed by atoms with van der Waals surface area (Å²) in [6, 6.07) is 0. The third-order valence-corrected chi connectivity index (χ3v) is 4.51. The van der Waals surface area contributed by atoms with Crippen molar-refractivity contribution in [1.29, 1.82) is 0 Å². The molecule has 2 rings (SSSR count). The summed E-state index contributed by atoms with van der Waals surface area (Å²) < 4.78 is 0. The van der Waals surface area contributed by atoms with Gasteiger partial charge >= 0.3 is 0 Å². The Morgan fingerprint density at radius 3 is 2.56 bits per heavy atom. The smallest absolute Gasteiger partial charge is 0.152 e. The second-order valence-corrected chi connectivity index (χ2v) is 6.04. The van der Waals surface area contributed by atoms with E-state index in [4.69, 9.17) is 0 Å². The molecule has 1 aliphatic carbocycles. The number of ketones is 1. The molecular formula is C14H25NO. The van der Waals surface area contributed by atoms with Gasteiger partial charge in [-0.1, -0.05) is 19.3 Å². The van der Waals surface area contributed by atoms with Gasteiger partial charge in [0.25, 0.3) is 0 Å². The Morgan fingerprint density at radius 2 is 1.88 bits per heavy atom. The van der Waals surface area contributed by atoms with Gasteiger partial charge in [-0.15, -0.1) is 0 Å². The Balaban J connectivity index is 1.94. The average Bonchev–Trinajstić information content (AvgIpc) is 2.27. The fourth-order valence-electron chi connectivity index (χ4n) is 3.19. The second-order valence-electron chi connectivity index (χ2n) is 6.04.